The first-order valence-corrected chi connectivity index (χ1v) is 13.3. The van der Waals surface area contributed by atoms with Crippen LogP contribution >= 0.6 is 0 Å². The molecule has 202 valence electrons. The van der Waals surface area contributed by atoms with E-state index in [9.17, 15) is 4.79 Å². The van der Waals surface area contributed by atoms with Crippen molar-refractivity contribution in [2.75, 3.05) is 63.8 Å². The second-order valence-corrected chi connectivity index (χ2v) is 9.89. The smallest absolute Gasteiger partial charge is 0.260 e. The van der Waals surface area contributed by atoms with Crippen LogP contribution in [-0.2, 0) is 27.4 Å². The molecule has 1 fully saturated rings. The van der Waals surface area contributed by atoms with Crippen LogP contribution in [0.3, 0.4) is 0 Å². The van der Waals surface area contributed by atoms with Gasteiger partial charge in [-0.2, -0.15) is 0 Å². The number of fused-ring (bicyclic) bond motifs is 2. The largest absolute Gasteiger partial charge is 0.497 e. The van der Waals surface area contributed by atoms with E-state index in [0.717, 1.165) is 84.5 Å². The molecule has 0 spiro atoms. The molecule has 1 amide bonds. The van der Waals surface area contributed by atoms with E-state index in [1.165, 1.54) is 0 Å². The van der Waals surface area contributed by atoms with Crippen LogP contribution in [0.4, 0.5) is 11.4 Å². The fourth-order valence-corrected chi connectivity index (χ4v) is 5.47. The Hall–Kier alpha value is -4.01. The molecule has 3 heterocycles. The number of hydrogen-bond donors (Lipinski definition) is 1. The van der Waals surface area contributed by atoms with E-state index in [0.29, 0.717) is 24.5 Å². The maximum Gasteiger partial charge on any atom is 0.260 e. The fraction of sp³-hybridized carbons (Fsp3) is 0.323. The van der Waals surface area contributed by atoms with E-state index in [4.69, 9.17) is 18.9 Å². The van der Waals surface area contributed by atoms with Gasteiger partial charge in [-0.05, 0) is 36.4 Å². The normalized spacial score (nSPS) is 18.3. The van der Waals surface area contributed by atoms with Crippen LogP contribution in [0.1, 0.15) is 22.3 Å². The molecule has 8 heteroatoms. The molecule has 3 aromatic rings. The Morgan fingerprint density at radius 1 is 0.974 bits per heavy atom. The first-order chi connectivity index (χ1) is 19.1. The standard InChI is InChI=1S/C31H33N3O5/c1-36-24-9-7-21(28(18-24)37-2)19-34(12-11-33-13-15-38-16-14-33)23-8-10-25-22(17-23)20-39-30(25)29-26-5-3-4-6-27(26)32-31(29)35/h3-10,17-18H,11-16,19-20H2,1-2H3,(H,32,35)/b30-29+. The van der Waals surface area contributed by atoms with Crippen molar-refractivity contribution < 1.29 is 23.7 Å². The summed E-state index contributed by atoms with van der Waals surface area (Å²) in [6.07, 6.45) is 0. The van der Waals surface area contributed by atoms with E-state index in [-0.39, 0.29) is 5.91 Å². The number of ether oxygens (including phenoxy) is 4. The van der Waals surface area contributed by atoms with Crippen LogP contribution in [0.25, 0.3) is 11.3 Å². The first-order valence-electron chi connectivity index (χ1n) is 13.3. The lowest BCUT2D eigenvalue weighted by Gasteiger charge is -2.31. The molecule has 0 radical (unpaired) electrons. The number of carbonyl (C=O) groups is 1. The van der Waals surface area contributed by atoms with Gasteiger partial charge in [0.05, 0.1) is 33.0 Å². The SMILES string of the molecule is COc1ccc(CN(CCN2CCOCC2)c2ccc3c(c2)CO/C3=C2/C(=O)Nc3ccccc32)c(OC)c1. The Kier molecular flexibility index (Phi) is 7.13. The maximum atomic E-state index is 12.9. The van der Waals surface area contributed by atoms with Crippen LogP contribution in [0.15, 0.2) is 60.7 Å². The van der Waals surface area contributed by atoms with Crippen LogP contribution in [-0.4, -0.2) is 64.4 Å². The van der Waals surface area contributed by atoms with Crippen molar-refractivity contribution >= 4 is 28.6 Å². The summed E-state index contributed by atoms with van der Waals surface area (Å²) >= 11 is 0. The molecule has 8 nitrogen and oxygen atoms in total. The summed E-state index contributed by atoms with van der Waals surface area (Å²) in [6.45, 7) is 6.32. The van der Waals surface area contributed by atoms with E-state index in [2.05, 4.69) is 39.4 Å². The van der Waals surface area contributed by atoms with Crippen LogP contribution < -0.4 is 19.7 Å². The topological polar surface area (TPSA) is 72.5 Å². The Labute approximate surface area is 228 Å². The zero-order chi connectivity index (χ0) is 26.8. The lowest BCUT2D eigenvalue weighted by molar-refractivity contribution is -0.110. The van der Waals surface area contributed by atoms with Crippen molar-refractivity contribution in [3.63, 3.8) is 0 Å². The molecule has 0 saturated carbocycles. The minimum atomic E-state index is -0.123. The summed E-state index contributed by atoms with van der Waals surface area (Å²) in [5, 5.41) is 2.96. The molecule has 39 heavy (non-hydrogen) atoms. The summed E-state index contributed by atoms with van der Waals surface area (Å²) in [6, 6.07) is 20.1. The van der Waals surface area contributed by atoms with Gasteiger partial charge in [0, 0.05) is 72.4 Å². The number of anilines is 2. The van der Waals surface area contributed by atoms with E-state index < -0.39 is 0 Å². The van der Waals surface area contributed by atoms with Crippen molar-refractivity contribution in [3.8, 4) is 11.5 Å². The predicted molar refractivity (Wildman–Crippen MR) is 151 cm³/mol. The minimum Gasteiger partial charge on any atom is -0.497 e. The number of morpholine rings is 1. The number of amides is 1. The highest BCUT2D eigenvalue weighted by molar-refractivity contribution is 6.36. The van der Waals surface area contributed by atoms with Gasteiger partial charge in [-0.25, -0.2) is 0 Å². The molecule has 1 saturated heterocycles. The van der Waals surface area contributed by atoms with Gasteiger partial charge in [0.25, 0.3) is 5.91 Å². The second kappa shape index (κ2) is 11.0. The zero-order valence-electron chi connectivity index (χ0n) is 22.4. The van der Waals surface area contributed by atoms with Crippen LogP contribution in [0.2, 0.25) is 0 Å². The lowest BCUT2D eigenvalue weighted by Crippen LogP contribution is -2.41. The van der Waals surface area contributed by atoms with E-state index in [1.54, 1.807) is 14.2 Å². The van der Waals surface area contributed by atoms with Crippen molar-refractivity contribution in [3.05, 3.63) is 82.9 Å². The summed E-state index contributed by atoms with van der Waals surface area (Å²) in [5.41, 5.74) is 6.53. The summed E-state index contributed by atoms with van der Waals surface area (Å²) in [7, 11) is 3.35. The lowest BCUT2D eigenvalue weighted by atomic mass is 10.00. The average Bonchev–Trinajstić information content (AvgIpc) is 3.54. The molecule has 6 rings (SSSR count). The van der Waals surface area contributed by atoms with Crippen molar-refractivity contribution in [1.29, 1.82) is 0 Å². The molecule has 0 aliphatic carbocycles. The second-order valence-electron chi connectivity index (χ2n) is 9.89. The third kappa shape index (κ3) is 5.05. The van der Waals surface area contributed by atoms with E-state index in [1.807, 2.05) is 36.4 Å². The average molecular weight is 528 g/mol. The molecule has 0 unspecified atom stereocenters. The molecular formula is C31H33N3O5. The highest BCUT2D eigenvalue weighted by Gasteiger charge is 2.32. The van der Waals surface area contributed by atoms with Gasteiger partial charge in [-0.15, -0.1) is 0 Å². The molecule has 0 bridgehead atoms. The summed E-state index contributed by atoms with van der Waals surface area (Å²) in [5.74, 6) is 2.09. The predicted octanol–water partition coefficient (Wildman–Crippen LogP) is 4.39. The van der Waals surface area contributed by atoms with Gasteiger partial charge in [0.15, 0.2) is 0 Å². The van der Waals surface area contributed by atoms with Crippen molar-refractivity contribution in [1.82, 2.24) is 4.90 Å². The first kappa shape index (κ1) is 25.3. The number of carbonyl (C=O) groups excluding carboxylic acids is 1. The zero-order valence-corrected chi connectivity index (χ0v) is 22.4. The molecule has 0 atom stereocenters. The van der Waals surface area contributed by atoms with Gasteiger partial charge in [0.2, 0.25) is 0 Å². The van der Waals surface area contributed by atoms with E-state index >= 15 is 0 Å². The molecule has 3 aromatic carbocycles. The third-order valence-electron chi connectivity index (χ3n) is 7.61. The molecule has 3 aliphatic rings. The van der Waals surface area contributed by atoms with Crippen LogP contribution in [0, 0.1) is 0 Å². The summed E-state index contributed by atoms with van der Waals surface area (Å²) in [4.78, 5) is 17.7. The van der Waals surface area contributed by atoms with Crippen LogP contribution in [0.5, 0.6) is 11.5 Å². The molecule has 1 N–H and O–H groups in total. The van der Waals surface area contributed by atoms with Gasteiger partial charge < -0.3 is 29.2 Å². The third-order valence-corrected chi connectivity index (χ3v) is 7.61. The van der Waals surface area contributed by atoms with Gasteiger partial charge >= 0.3 is 0 Å². The quantitative estimate of drug-likeness (QED) is 0.436. The number of methoxy groups -OCH3 is 2. The highest BCUT2D eigenvalue weighted by Crippen LogP contribution is 2.42. The Morgan fingerprint density at radius 3 is 2.64 bits per heavy atom. The maximum absolute atomic E-state index is 12.9. The van der Waals surface area contributed by atoms with Crippen molar-refractivity contribution in [2.45, 2.75) is 13.2 Å². The number of hydrogen-bond acceptors (Lipinski definition) is 7. The van der Waals surface area contributed by atoms with Gasteiger partial charge in [-0.1, -0.05) is 18.2 Å². The molecule has 0 aromatic heterocycles. The fourth-order valence-electron chi connectivity index (χ4n) is 5.47. The number of nitrogens with one attached hydrogen (secondary N) is 1. The number of nitrogens with zero attached hydrogens (tertiary/aromatic N) is 2. The molecular weight excluding hydrogens is 494 g/mol. The Morgan fingerprint density at radius 2 is 1.82 bits per heavy atom. The van der Waals surface area contributed by atoms with Gasteiger partial charge in [0.1, 0.15) is 23.9 Å². The Bertz CT molecular complexity index is 1410. The monoisotopic (exact) mass is 527 g/mol. The van der Waals surface area contributed by atoms with Gasteiger partial charge in [-0.3, -0.25) is 9.69 Å². The highest BCUT2D eigenvalue weighted by atomic mass is 16.5. The number of para-hydroxylation sites is 1. The molecule has 3 aliphatic heterocycles. The minimum absolute atomic E-state index is 0.123. The Balaban J connectivity index is 1.32. The van der Waals surface area contributed by atoms with Crippen molar-refractivity contribution in [2.24, 2.45) is 0 Å². The summed E-state index contributed by atoms with van der Waals surface area (Å²) < 4.78 is 22.8. The number of rotatable bonds is 8. The number of benzene rings is 3.